The molecule has 0 aliphatic carbocycles. The summed E-state index contributed by atoms with van der Waals surface area (Å²) in [7, 11) is -3.38. The van der Waals surface area contributed by atoms with Crippen molar-refractivity contribution in [2.75, 3.05) is 38.5 Å². The summed E-state index contributed by atoms with van der Waals surface area (Å²) in [4.78, 5) is 14.4. The van der Waals surface area contributed by atoms with Crippen LogP contribution >= 0.6 is 15.9 Å². The minimum atomic E-state index is -3.38. The minimum absolute atomic E-state index is 0.0918. The average Bonchev–Trinajstić information content (AvgIpc) is 2.69. The number of carbonyl (C=O) groups excluding carboxylic acids is 1. The smallest absolute Gasteiger partial charge is 0.251 e. The highest BCUT2D eigenvalue weighted by Crippen LogP contribution is 2.13. The van der Waals surface area contributed by atoms with E-state index in [1.54, 1.807) is 18.2 Å². The van der Waals surface area contributed by atoms with E-state index in [4.69, 9.17) is 0 Å². The number of carbonyl (C=O) groups is 1. The van der Waals surface area contributed by atoms with Crippen molar-refractivity contribution < 1.29 is 13.2 Å². The van der Waals surface area contributed by atoms with Gasteiger partial charge in [-0.25, -0.2) is 8.42 Å². The highest BCUT2D eigenvalue weighted by atomic mass is 79.9. The maximum atomic E-state index is 12.6. The number of amides is 1. The van der Waals surface area contributed by atoms with Gasteiger partial charge in [0.1, 0.15) is 0 Å². The third-order valence-electron chi connectivity index (χ3n) is 4.71. The van der Waals surface area contributed by atoms with E-state index >= 15 is 0 Å². The first-order valence-corrected chi connectivity index (χ1v) is 11.6. The molecule has 2 aromatic rings. The quantitative estimate of drug-likeness (QED) is 0.680. The molecule has 0 bridgehead atoms. The first-order chi connectivity index (χ1) is 13.4. The van der Waals surface area contributed by atoms with Crippen LogP contribution in [0.5, 0.6) is 0 Å². The van der Waals surface area contributed by atoms with E-state index in [9.17, 15) is 13.2 Å². The molecule has 0 aromatic heterocycles. The highest BCUT2D eigenvalue weighted by Gasteiger charge is 2.26. The summed E-state index contributed by atoms with van der Waals surface area (Å²) in [5.41, 5.74) is 1.73. The van der Waals surface area contributed by atoms with Crippen LogP contribution in [0.3, 0.4) is 0 Å². The zero-order valence-electron chi connectivity index (χ0n) is 15.6. The van der Waals surface area contributed by atoms with Crippen LogP contribution in [0.1, 0.15) is 15.9 Å². The molecule has 1 aliphatic rings. The van der Waals surface area contributed by atoms with Gasteiger partial charge in [0, 0.05) is 49.3 Å². The standard InChI is InChI=1S/C20H24BrN3O3S/c21-19-8-4-7-18(15-19)20(25)22-9-14-28(26,27)24-12-10-23(11-13-24)16-17-5-2-1-3-6-17/h1-8,15H,9-14,16H2,(H,22,25). The van der Waals surface area contributed by atoms with Crippen molar-refractivity contribution in [3.05, 3.63) is 70.2 Å². The monoisotopic (exact) mass is 465 g/mol. The molecular weight excluding hydrogens is 442 g/mol. The lowest BCUT2D eigenvalue weighted by atomic mass is 10.2. The second kappa shape index (κ2) is 9.65. The molecule has 1 fully saturated rings. The van der Waals surface area contributed by atoms with Crippen molar-refractivity contribution in [2.24, 2.45) is 0 Å². The summed E-state index contributed by atoms with van der Waals surface area (Å²) < 4.78 is 27.5. The number of piperazine rings is 1. The van der Waals surface area contributed by atoms with E-state index in [-0.39, 0.29) is 18.2 Å². The van der Waals surface area contributed by atoms with E-state index in [1.165, 1.54) is 9.87 Å². The molecule has 0 atom stereocenters. The third-order valence-corrected chi connectivity index (χ3v) is 7.07. The molecule has 0 radical (unpaired) electrons. The van der Waals surface area contributed by atoms with Crippen molar-refractivity contribution in [2.45, 2.75) is 6.54 Å². The summed E-state index contributed by atoms with van der Waals surface area (Å²) in [5.74, 6) is -0.366. The van der Waals surface area contributed by atoms with Crippen molar-refractivity contribution >= 4 is 31.9 Å². The molecule has 0 unspecified atom stereocenters. The van der Waals surface area contributed by atoms with Crippen LogP contribution in [0.25, 0.3) is 0 Å². The molecule has 8 heteroatoms. The predicted molar refractivity (Wildman–Crippen MR) is 114 cm³/mol. The molecule has 28 heavy (non-hydrogen) atoms. The molecule has 0 saturated carbocycles. The maximum Gasteiger partial charge on any atom is 0.251 e. The van der Waals surface area contributed by atoms with Crippen LogP contribution in [0.2, 0.25) is 0 Å². The topological polar surface area (TPSA) is 69.7 Å². The van der Waals surface area contributed by atoms with Crippen LogP contribution in [-0.4, -0.2) is 62.0 Å². The van der Waals surface area contributed by atoms with E-state index in [0.29, 0.717) is 31.7 Å². The van der Waals surface area contributed by atoms with Gasteiger partial charge in [-0.2, -0.15) is 4.31 Å². The van der Waals surface area contributed by atoms with E-state index in [1.807, 2.05) is 24.3 Å². The fraction of sp³-hybridized carbons (Fsp3) is 0.350. The minimum Gasteiger partial charge on any atom is -0.351 e. The zero-order valence-corrected chi connectivity index (χ0v) is 18.0. The molecule has 1 aliphatic heterocycles. The Labute approximate surface area is 174 Å². The summed E-state index contributed by atoms with van der Waals surface area (Å²) in [5, 5.41) is 2.69. The number of rotatable bonds is 7. The summed E-state index contributed by atoms with van der Waals surface area (Å²) in [6.07, 6.45) is 0. The number of benzene rings is 2. The molecule has 6 nitrogen and oxygen atoms in total. The fourth-order valence-electron chi connectivity index (χ4n) is 3.16. The van der Waals surface area contributed by atoms with Crippen molar-refractivity contribution in [3.8, 4) is 0 Å². The van der Waals surface area contributed by atoms with Crippen molar-refractivity contribution in [3.63, 3.8) is 0 Å². The van der Waals surface area contributed by atoms with Crippen molar-refractivity contribution in [1.82, 2.24) is 14.5 Å². The predicted octanol–water partition coefficient (Wildman–Crippen LogP) is 2.33. The van der Waals surface area contributed by atoms with Crippen LogP contribution in [-0.2, 0) is 16.6 Å². The van der Waals surface area contributed by atoms with Gasteiger partial charge in [-0.1, -0.05) is 52.3 Å². The number of halogens is 1. The highest BCUT2D eigenvalue weighted by molar-refractivity contribution is 9.10. The van der Waals surface area contributed by atoms with Crippen LogP contribution in [0.4, 0.5) is 0 Å². The summed E-state index contributed by atoms with van der Waals surface area (Å²) in [6.45, 7) is 3.30. The Morgan fingerprint density at radius 3 is 2.39 bits per heavy atom. The molecule has 0 spiro atoms. The molecule has 150 valence electrons. The molecule has 1 N–H and O–H groups in total. The second-order valence-corrected chi connectivity index (χ2v) is 9.75. The Balaban J connectivity index is 1.44. The maximum absolute atomic E-state index is 12.6. The van der Waals surface area contributed by atoms with Gasteiger partial charge in [0.2, 0.25) is 10.0 Å². The zero-order chi connectivity index (χ0) is 20.0. The van der Waals surface area contributed by atoms with Gasteiger partial charge in [-0.15, -0.1) is 0 Å². The van der Waals surface area contributed by atoms with Crippen LogP contribution in [0.15, 0.2) is 59.1 Å². The fourth-order valence-corrected chi connectivity index (χ4v) is 4.90. The average molecular weight is 466 g/mol. The van der Waals surface area contributed by atoms with Crippen LogP contribution in [0, 0.1) is 0 Å². The lowest BCUT2D eigenvalue weighted by molar-refractivity contribution is 0.0956. The SMILES string of the molecule is O=C(NCCS(=O)(=O)N1CCN(Cc2ccccc2)CC1)c1cccc(Br)c1. The van der Waals surface area contributed by atoms with Gasteiger partial charge in [0.25, 0.3) is 5.91 Å². The number of nitrogens with one attached hydrogen (secondary N) is 1. The Morgan fingerprint density at radius 1 is 1.00 bits per heavy atom. The van der Waals surface area contributed by atoms with Gasteiger partial charge in [-0.3, -0.25) is 9.69 Å². The van der Waals surface area contributed by atoms with E-state index in [2.05, 4.69) is 38.3 Å². The van der Waals surface area contributed by atoms with Gasteiger partial charge < -0.3 is 5.32 Å². The molecule has 2 aromatic carbocycles. The Bertz CT molecular complexity index is 898. The van der Waals surface area contributed by atoms with Gasteiger partial charge in [0.05, 0.1) is 5.75 Å². The van der Waals surface area contributed by atoms with E-state index < -0.39 is 10.0 Å². The second-order valence-electron chi connectivity index (χ2n) is 6.74. The number of nitrogens with zero attached hydrogens (tertiary/aromatic N) is 2. The van der Waals surface area contributed by atoms with E-state index in [0.717, 1.165) is 11.0 Å². The van der Waals surface area contributed by atoms with Gasteiger partial charge >= 0.3 is 0 Å². The van der Waals surface area contributed by atoms with Gasteiger partial charge in [0.15, 0.2) is 0 Å². The molecule has 1 saturated heterocycles. The Kier molecular flexibility index (Phi) is 7.23. The lowest BCUT2D eigenvalue weighted by Gasteiger charge is -2.34. The largest absolute Gasteiger partial charge is 0.351 e. The van der Waals surface area contributed by atoms with Crippen molar-refractivity contribution in [1.29, 1.82) is 0 Å². The number of hydrogen-bond donors (Lipinski definition) is 1. The lowest BCUT2D eigenvalue weighted by Crippen LogP contribution is -2.49. The summed E-state index contributed by atoms with van der Waals surface area (Å²) in [6, 6.07) is 17.2. The normalized spacial score (nSPS) is 16.0. The third kappa shape index (κ3) is 5.88. The Hall–Kier alpha value is -1.74. The molecule has 1 heterocycles. The summed E-state index contributed by atoms with van der Waals surface area (Å²) >= 11 is 3.32. The van der Waals surface area contributed by atoms with Crippen LogP contribution < -0.4 is 5.32 Å². The molecular formula is C20H24BrN3O3S. The Morgan fingerprint density at radius 2 is 1.71 bits per heavy atom. The number of sulfonamides is 1. The van der Waals surface area contributed by atoms with Gasteiger partial charge in [-0.05, 0) is 23.8 Å². The molecule has 1 amide bonds. The first kappa shape index (κ1) is 21.0. The molecule has 3 rings (SSSR count). The number of hydrogen-bond acceptors (Lipinski definition) is 4. The first-order valence-electron chi connectivity index (χ1n) is 9.22.